The van der Waals surface area contributed by atoms with Crippen LogP contribution in [0.3, 0.4) is 0 Å². The van der Waals surface area contributed by atoms with Crippen molar-refractivity contribution in [2.75, 3.05) is 11.9 Å². The van der Waals surface area contributed by atoms with Gasteiger partial charge < -0.3 is 15.2 Å². The van der Waals surface area contributed by atoms with Gasteiger partial charge >= 0.3 is 11.9 Å². The average molecular weight is 280 g/mol. The Morgan fingerprint density at radius 3 is 2.60 bits per heavy atom. The van der Waals surface area contributed by atoms with E-state index in [4.69, 9.17) is 9.84 Å². The molecule has 0 aliphatic rings. The summed E-state index contributed by atoms with van der Waals surface area (Å²) in [5.74, 6) is -1.72. The quantitative estimate of drug-likeness (QED) is 0.721. The highest BCUT2D eigenvalue weighted by molar-refractivity contribution is 5.92. The second kappa shape index (κ2) is 7.88. The predicted molar refractivity (Wildman–Crippen MR) is 70.1 cm³/mol. The number of rotatable bonds is 7. The summed E-state index contributed by atoms with van der Waals surface area (Å²) in [4.78, 5) is 37.0. The molecule has 0 bridgehead atoms. The fourth-order valence-electron chi connectivity index (χ4n) is 1.43. The summed E-state index contributed by atoms with van der Waals surface area (Å²) in [7, 11) is 0. The van der Waals surface area contributed by atoms with Crippen molar-refractivity contribution in [1.29, 1.82) is 0 Å². The van der Waals surface area contributed by atoms with Crippen LogP contribution in [0.25, 0.3) is 0 Å². The van der Waals surface area contributed by atoms with E-state index in [-0.39, 0.29) is 31.8 Å². The van der Waals surface area contributed by atoms with E-state index >= 15 is 0 Å². The maximum absolute atomic E-state index is 11.5. The fraction of sp³-hybridized carbons (Fsp3) is 0.385. The first kappa shape index (κ1) is 15.6. The van der Waals surface area contributed by atoms with Gasteiger partial charge in [0.05, 0.1) is 37.0 Å². The van der Waals surface area contributed by atoms with E-state index in [2.05, 4.69) is 10.3 Å². The number of carbonyl (C=O) groups is 3. The topological polar surface area (TPSA) is 106 Å². The lowest BCUT2D eigenvalue weighted by Gasteiger charge is -2.05. The van der Waals surface area contributed by atoms with Gasteiger partial charge in [0, 0.05) is 6.42 Å². The Balaban J connectivity index is 2.42. The van der Waals surface area contributed by atoms with E-state index in [9.17, 15) is 14.4 Å². The van der Waals surface area contributed by atoms with E-state index in [1.807, 2.05) is 0 Å². The minimum Gasteiger partial charge on any atom is -0.481 e. The standard InChI is InChI=1S/C13H16N2O5/c1-2-20-13(19)6-5-11(16)15-10-4-3-9(14-8-10)7-12(17)18/h3-4,8H,2,5-7H2,1H3,(H,15,16)(H,17,18). The molecule has 0 radical (unpaired) electrons. The number of pyridine rings is 1. The summed E-state index contributed by atoms with van der Waals surface area (Å²) in [6.45, 7) is 1.98. The van der Waals surface area contributed by atoms with Crippen molar-refractivity contribution in [3.63, 3.8) is 0 Å². The fourth-order valence-corrected chi connectivity index (χ4v) is 1.43. The number of hydrogen-bond acceptors (Lipinski definition) is 5. The van der Waals surface area contributed by atoms with Gasteiger partial charge in [-0.25, -0.2) is 0 Å². The van der Waals surface area contributed by atoms with E-state index in [0.29, 0.717) is 11.4 Å². The minimum absolute atomic E-state index is 0.0181. The van der Waals surface area contributed by atoms with Crippen LogP contribution in [0.5, 0.6) is 0 Å². The van der Waals surface area contributed by atoms with E-state index < -0.39 is 11.9 Å². The van der Waals surface area contributed by atoms with Crippen molar-refractivity contribution in [3.8, 4) is 0 Å². The zero-order chi connectivity index (χ0) is 15.0. The molecule has 1 aromatic rings. The molecule has 0 aliphatic heterocycles. The van der Waals surface area contributed by atoms with Crippen molar-refractivity contribution < 1.29 is 24.2 Å². The summed E-state index contributed by atoms with van der Waals surface area (Å²) < 4.78 is 4.71. The number of carboxylic acids is 1. The largest absolute Gasteiger partial charge is 0.481 e. The average Bonchev–Trinajstić information content (AvgIpc) is 2.38. The highest BCUT2D eigenvalue weighted by Gasteiger charge is 2.08. The molecule has 0 fully saturated rings. The van der Waals surface area contributed by atoms with Gasteiger partial charge in [0.2, 0.25) is 5.91 Å². The maximum atomic E-state index is 11.5. The molecule has 20 heavy (non-hydrogen) atoms. The van der Waals surface area contributed by atoms with Gasteiger partial charge in [-0.2, -0.15) is 0 Å². The normalized spacial score (nSPS) is 9.85. The molecule has 1 heterocycles. The molecule has 0 aromatic carbocycles. The number of aliphatic carboxylic acids is 1. The Labute approximate surface area is 116 Å². The van der Waals surface area contributed by atoms with Crippen LogP contribution in [0, 0.1) is 0 Å². The van der Waals surface area contributed by atoms with Crippen LogP contribution in [-0.4, -0.2) is 34.5 Å². The SMILES string of the molecule is CCOC(=O)CCC(=O)Nc1ccc(CC(=O)O)nc1. The zero-order valence-electron chi connectivity index (χ0n) is 11.1. The first-order valence-electron chi connectivity index (χ1n) is 6.13. The van der Waals surface area contributed by atoms with Gasteiger partial charge in [0.1, 0.15) is 0 Å². The first-order valence-corrected chi connectivity index (χ1v) is 6.13. The lowest BCUT2D eigenvalue weighted by Crippen LogP contribution is -2.14. The Morgan fingerprint density at radius 2 is 2.05 bits per heavy atom. The van der Waals surface area contributed by atoms with Crippen molar-refractivity contribution in [1.82, 2.24) is 4.98 Å². The maximum Gasteiger partial charge on any atom is 0.309 e. The van der Waals surface area contributed by atoms with E-state index in [0.717, 1.165) is 0 Å². The third kappa shape index (κ3) is 5.94. The molecule has 2 N–H and O–H groups in total. The van der Waals surface area contributed by atoms with Crippen molar-refractivity contribution in [3.05, 3.63) is 24.0 Å². The molecule has 7 heteroatoms. The summed E-state index contributed by atoms with van der Waals surface area (Å²) in [5.41, 5.74) is 0.857. The van der Waals surface area contributed by atoms with Crippen LogP contribution < -0.4 is 5.32 Å². The summed E-state index contributed by atoms with van der Waals surface area (Å²) in [5, 5.41) is 11.2. The number of hydrogen-bond donors (Lipinski definition) is 2. The number of nitrogens with one attached hydrogen (secondary N) is 1. The van der Waals surface area contributed by atoms with E-state index in [1.165, 1.54) is 12.3 Å². The number of carbonyl (C=O) groups excluding carboxylic acids is 2. The number of carboxylic acid groups (broad SMARTS) is 1. The second-order valence-corrected chi connectivity index (χ2v) is 3.96. The predicted octanol–water partition coefficient (Wildman–Crippen LogP) is 0.990. The van der Waals surface area contributed by atoms with Gasteiger partial charge in [0.15, 0.2) is 0 Å². The molecular formula is C13H16N2O5. The second-order valence-electron chi connectivity index (χ2n) is 3.96. The van der Waals surface area contributed by atoms with Crippen molar-refractivity contribution in [2.45, 2.75) is 26.2 Å². The molecular weight excluding hydrogens is 264 g/mol. The van der Waals surface area contributed by atoms with Gasteiger partial charge in [-0.15, -0.1) is 0 Å². The summed E-state index contributed by atoms with van der Waals surface area (Å²) in [6.07, 6.45) is 1.25. The molecule has 0 unspecified atom stereocenters. The Bertz CT molecular complexity index is 484. The number of nitrogens with zero attached hydrogens (tertiary/aromatic N) is 1. The summed E-state index contributed by atoms with van der Waals surface area (Å²) >= 11 is 0. The number of anilines is 1. The summed E-state index contributed by atoms with van der Waals surface area (Å²) in [6, 6.07) is 3.09. The molecule has 0 saturated heterocycles. The highest BCUT2D eigenvalue weighted by atomic mass is 16.5. The Hall–Kier alpha value is -2.44. The van der Waals surface area contributed by atoms with E-state index in [1.54, 1.807) is 13.0 Å². The Morgan fingerprint density at radius 1 is 1.30 bits per heavy atom. The number of esters is 1. The number of amides is 1. The molecule has 108 valence electrons. The third-order valence-electron chi connectivity index (χ3n) is 2.30. The molecule has 1 aromatic heterocycles. The monoisotopic (exact) mass is 280 g/mol. The van der Waals surface area contributed by atoms with Crippen LogP contribution >= 0.6 is 0 Å². The minimum atomic E-state index is -0.969. The van der Waals surface area contributed by atoms with Gasteiger partial charge in [-0.1, -0.05) is 0 Å². The van der Waals surface area contributed by atoms with Crippen LogP contribution in [0.15, 0.2) is 18.3 Å². The van der Waals surface area contributed by atoms with Crippen LogP contribution in [0.4, 0.5) is 5.69 Å². The molecule has 1 amide bonds. The molecule has 7 nitrogen and oxygen atoms in total. The molecule has 0 aliphatic carbocycles. The van der Waals surface area contributed by atoms with Crippen LogP contribution in [0.2, 0.25) is 0 Å². The smallest absolute Gasteiger partial charge is 0.309 e. The van der Waals surface area contributed by atoms with Gasteiger partial charge in [-0.05, 0) is 19.1 Å². The Kier molecular flexibility index (Phi) is 6.15. The lowest BCUT2D eigenvalue weighted by atomic mass is 10.2. The molecule has 1 rings (SSSR count). The third-order valence-corrected chi connectivity index (χ3v) is 2.30. The van der Waals surface area contributed by atoms with Crippen LogP contribution in [-0.2, 0) is 25.5 Å². The van der Waals surface area contributed by atoms with Crippen molar-refractivity contribution in [2.24, 2.45) is 0 Å². The highest BCUT2D eigenvalue weighted by Crippen LogP contribution is 2.08. The van der Waals surface area contributed by atoms with Crippen LogP contribution in [0.1, 0.15) is 25.5 Å². The van der Waals surface area contributed by atoms with Gasteiger partial charge in [0.25, 0.3) is 0 Å². The zero-order valence-corrected chi connectivity index (χ0v) is 11.1. The molecule has 0 spiro atoms. The van der Waals surface area contributed by atoms with Crippen molar-refractivity contribution >= 4 is 23.5 Å². The molecule has 0 atom stereocenters. The number of aromatic nitrogens is 1. The lowest BCUT2D eigenvalue weighted by molar-refractivity contribution is -0.144. The molecule has 0 saturated carbocycles. The first-order chi connectivity index (χ1) is 9.51. The number of ether oxygens (including phenoxy) is 1. The van der Waals surface area contributed by atoms with Gasteiger partial charge in [-0.3, -0.25) is 19.4 Å².